The first-order valence-electron chi connectivity index (χ1n) is 10.0. The van der Waals surface area contributed by atoms with E-state index in [0.717, 1.165) is 28.7 Å². The Morgan fingerprint density at radius 3 is 2.17 bits per heavy atom. The lowest BCUT2D eigenvalue weighted by Gasteiger charge is -2.33. The van der Waals surface area contributed by atoms with Crippen LogP contribution >= 0.6 is 0 Å². The highest BCUT2D eigenvalue weighted by molar-refractivity contribution is 5.88. The number of amides is 2. The van der Waals surface area contributed by atoms with Gasteiger partial charge in [-0.05, 0) is 54.5 Å². The summed E-state index contributed by atoms with van der Waals surface area (Å²) in [6.07, 6.45) is 0.781. The minimum absolute atomic E-state index is 0.0392. The molecule has 0 spiro atoms. The summed E-state index contributed by atoms with van der Waals surface area (Å²) in [5.74, 6) is -0.790. The molecule has 2 atom stereocenters. The Kier molecular flexibility index (Phi) is 6.23. The SMILES string of the molecule is CC(CCCN)C(C)(NC(=O)OCC1c2ccccc2-c2ccccc21)C(N)=O. The molecule has 2 aromatic rings. The molecule has 0 heterocycles. The Morgan fingerprint density at radius 2 is 1.66 bits per heavy atom. The largest absolute Gasteiger partial charge is 0.449 e. The monoisotopic (exact) mass is 395 g/mol. The summed E-state index contributed by atoms with van der Waals surface area (Å²) in [6.45, 7) is 4.22. The van der Waals surface area contributed by atoms with E-state index in [0.29, 0.717) is 13.0 Å². The van der Waals surface area contributed by atoms with Gasteiger partial charge in [0.2, 0.25) is 5.91 Å². The van der Waals surface area contributed by atoms with Gasteiger partial charge in [-0.25, -0.2) is 4.79 Å². The van der Waals surface area contributed by atoms with Crippen molar-refractivity contribution in [1.29, 1.82) is 0 Å². The molecule has 0 saturated heterocycles. The maximum atomic E-state index is 12.6. The number of ether oxygens (including phenoxy) is 1. The molecule has 6 nitrogen and oxygen atoms in total. The van der Waals surface area contributed by atoms with Crippen LogP contribution in [0.2, 0.25) is 0 Å². The van der Waals surface area contributed by atoms with Gasteiger partial charge in [0.25, 0.3) is 0 Å². The van der Waals surface area contributed by atoms with E-state index >= 15 is 0 Å². The van der Waals surface area contributed by atoms with Gasteiger partial charge in [-0.15, -0.1) is 0 Å². The van der Waals surface area contributed by atoms with Crippen molar-refractivity contribution in [3.8, 4) is 11.1 Å². The first-order valence-corrected chi connectivity index (χ1v) is 10.0. The molecule has 0 bridgehead atoms. The van der Waals surface area contributed by atoms with E-state index in [1.54, 1.807) is 6.92 Å². The molecule has 29 heavy (non-hydrogen) atoms. The molecule has 1 aliphatic carbocycles. The quantitative estimate of drug-likeness (QED) is 0.638. The van der Waals surface area contributed by atoms with Crippen molar-refractivity contribution in [1.82, 2.24) is 5.32 Å². The zero-order valence-electron chi connectivity index (χ0n) is 17.0. The van der Waals surface area contributed by atoms with E-state index in [9.17, 15) is 9.59 Å². The Morgan fingerprint density at radius 1 is 1.10 bits per heavy atom. The number of alkyl carbamates (subject to hydrolysis) is 1. The zero-order chi connectivity index (χ0) is 21.0. The molecule has 5 N–H and O–H groups in total. The molecule has 0 aliphatic heterocycles. The number of hydrogen-bond donors (Lipinski definition) is 3. The number of nitrogens with one attached hydrogen (secondary N) is 1. The van der Waals surface area contributed by atoms with Crippen LogP contribution < -0.4 is 16.8 Å². The molecular weight excluding hydrogens is 366 g/mol. The summed E-state index contributed by atoms with van der Waals surface area (Å²) >= 11 is 0. The lowest BCUT2D eigenvalue weighted by atomic mass is 9.83. The minimum Gasteiger partial charge on any atom is -0.449 e. The van der Waals surface area contributed by atoms with Crippen LogP contribution in [0.3, 0.4) is 0 Å². The number of benzene rings is 2. The van der Waals surface area contributed by atoms with Crippen molar-refractivity contribution >= 4 is 12.0 Å². The molecule has 2 unspecified atom stereocenters. The van der Waals surface area contributed by atoms with E-state index < -0.39 is 17.5 Å². The molecule has 6 heteroatoms. The third kappa shape index (κ3) is 4.12. The second-order valence-corrected chi connectivity index (χ2v) is 7.85. The summed E-state index contributed by atoms with van der Waals surface area (Å²) in [4.78, 5) is 24.6. The average molecular weight is 396 g/mol. The van der Waals surface area contributed by atoms with Gasteiger partial charge in [-0.1, -0.05) is 55.5 Å². The van der Waals surface area contributed by atoms with Gasteiger partial charge in [-0.3, -0.25) is 4.79 Å². The maximum Gasteiger partial charge on any atom is 0.408 e. The van der Waals surface area contributed by atoms with E-state index in [1.165, 1.54) is 0 Å². The van der Waals surface area contributed by atoms with Gasteiger partial charge >= 0.3 is 6.09 Å². The standard InChI is InChI=1S/C23H29N3O3/c1-15(8-7-13-24)23(2,21(25)27)26-22(28)29-14-20-18-11-5-3-9-16(18)17-10-4-6-12-19(17)20/h3-6,9-12,15,20H,7-8,13-14,24H2,1-2H3,(H2,25,27)(H,26,28). The van der Waals surface area contributed by atoms with Crippen molar-refractivity contribution in [3.05, 3.63) is 59.7 Å². The molecule has 1 aliphatic rings. The smallest absolute Gasteiger partial charge is 0.408 e. The zero-order valence-corrected chi connectivity index (χ0v) is 17.0. The summed E-state index contributed by atoms with van der Waals surface area (Å²) in [6, 6.07) is 16.3. The number of nitrogens with two attached hydrogens (primary N) is 2. The van der Waals surface area contributed by atoms with Crippen LogP contribution in [0.25, 0.3) is 11.1 Å². The summed E-state index contributed by atoms with van der Waals surface area (Å²) in [7, 11) is 0. The third-order valence-corrected chi connectivity index (χ3v) is 6.04. The molecule has 0 fully saturated rings. The Labute approximate surface area is 171 Å². The second-order valence-electron chi connectivity index (χ2n) is 7.85. The van der Waals surface area contributed by atoms with Gasteiger partial charge in [-0.2, -0.15) is 0 Å². The molecule has 2 amide bonds. The average Bonchev–Trinajstić information content (AvgIpc) is 3.04. The highest BCUT2D eigenvalue weighted by atomic mass is 16.5. The topological polar surface area (TPSA) is 107 Å². The van der Waals surface area contributed by atoms with Gasteiger partial charge in [0.05, 0.1) is 0 Å². The first kappa shape index (κ1) is 20.9. The summed E-state index contributed by atoms with van der Waals surface area (Å²) in [5.41, 5.74) is 14.6. The molecule has 0 radical (unpaired) electrons. The fourth-order valence-corrected chi connectivity index (χ4v) is 3.99. The number of hydrogen-bond acceptors (Lipinski definition) is 4. The van der Waals surface area contributed by atoms with Crippen LogP contribution in [0.4, 0.5) is 4.79 Å². The van der Waals surface area contributed by atoms with Crippen molar-refractivity contribution in [3.63, 3.8) is 0 Å². The van der Waals surface area contributed by atoms with E-state index in [1.807, 2.05) is 31.2 Å². The predicted octanol–water partition coefficient (Wildman–Crippen LogP) is 3.14. The van der Waals surface area contributed by atoms with Crippen LogP contribution in [0.1, 0.15) is 43.7 Å². The fraction of sp³-hybridized carbons (Fsp3) is 0.391. The third-order valence-electron chi connectivity index (χ3n) is 6.04. The maximum absolute atomic E-state index is 12.6. The predicted molar refractivity (Wildman–Crippen MR) is 113 cm³/mol. The number of fused-ring (bicyclic) bond motifs is 3. The normalized spacial score (nSPS) is 15.7. The molecule has 2 aromatic carbocycles. The molecule has 0 saturated carbocycles. The van der Waals surface area contributed by atoms with Gasteiger partial charge in [0.1, 0.15) is 12.1 Å². The van der Waals surface area contributed by atoms with Crippen molar-refractivity contribution in [2.45, 2.75) is 38.1 Å². The number of carbonyl (C=O) groups is 2. The van der Waals surface area contributed by atoms with Crippen LogP contribution in [0.5, 0.6) is 0 Å². The van der Waals surface area contributed by atoms with Gasteiger partial charge < -0.3 is 21.5 Å². The Bertz CT molecular complexity index is 853. The van der Waals surface area contributed by atoms with E-state index in [2.05, 4.69) is 29.6 Å². The Balaban J connectivity index is 1.71. The lowest BCUT2D eigenvalue weighted by molar-refractivity contribution is -0.125. The number of primary amides is 1. The number of rotatable bonds is 8. The Hall–Kier alpha value is -2.86. The first-order chi connectivity index (χ1) is 13.9. The van der Waals surface area contributed by atoms with E-state index in [-0.39, 0.29) is 18.4 Å². The summed E-state index contributed by atoms with van der Waals surface area (Å²) < 4.78 is 5.56. The lowest BCUT2D eigenvalue weighted by Crippen LogP contribution is -2.59. The van der Waals surface area contributed by atoms with Crippen LogP contribution in [-0.2, 0) is 9.53 Å². The summed E-state index contributed by atoms with van der Waals surface area (Å²) in [5, 5.41) is 2.70. The fourth-order valence-electron chi connectivity index (χ4n) is 3.99. The second kappa shape index (κ2) is 8.66. The van der Waals surface area contributed by atoms with Crippen molar-refractivity contribution < 1.29 is 14.3 Å². The molecule has 0 aromatic heterocycles. The van der Waals surface area contributed by atoms with Crippen molar-refractivity contribution in [2.75, 3.05) is 13.2 Å². The van der Waals surface area contributed by atoms with Crippen LogP contribution in [0, 0.1) is 5.92 Å². The molecular formula is C23H29N3O3. The highest BCUT2D eigenvalue weighted by Gasteiger charge is 2.39. The number of carbonyl (C=O) groups excluding carboxylic acids is 2. The van der Waals surface area contributed by atoms with Crippen LogP contribution in [0.15, 0.2) is 48.5 Å². The molecule has 154 valence electrons. The minimum atomic E-state index is -1.20. The van der Waals surface area contributed by atoms with E-state index in [4.69, 9.17) is 16.2 Å². The highest BCUT2D eigenvalue weighted by Crippen LogP contribution is 2.44. The van der Waals surface area contributed by atoms with Crippen LogP contribution in [-0.4, -0.2) is 30.7 Å². The van der Waals surface area contributed by atoms with Crippen molar-refractivity contribution in [2.24, 2.45) is 17.4 Å². The van der Waals surface area contributed by atoms with Gasteiger partial charge in [0.15, 0.2) is 0 Å². The molecule has 3 rings (SSSR count). The van der Waals surface area contributed by atoms with Gasteiger partial charge in [0, 0.05) is 5.92 Å².